The molecule has 0 bridgehead atoms. The van der Waals surface area contributed by atoms with Crippen LogP contribution >= 0.6 is 0 Å². The Morgan fingerprint density at radius 1 is 1.13 bits per heavy atom. The van der Waals surface area contributed by atoms with Crippen molar-refractivity contribution in [1.82, 2.24) is 15.1 Å². The molecule has 0 fully saturated rings. The average molecular weight is 305 g/mol. The first-order chi connectivity index (χ1) is 11.4. The lowest BCUT2D eigenvalue weighted by atomic mass is 9.95. The van der Waals surface area contributed by atoms with Gasteiger partial charge in [-0.1, -0.05) is 44.0 Å². The molecule has 0 unspecified atom stereocenters. The molecule has 0 saturated heterocycles. The third kappa shape index (κ3) is 2.48. The average Bonchev–Trinajstić information content (AvgIpc) is 3.20. The van der Waals surface area contributed by atoms with Gasteiger partial charge in [-0.25, -0.2) is 4.99 Å². The molecule has 1 aliphatic heterocycles. The molecular formula is C18H19N5. The zero-order valence-corrected chi connectivity index (χ0v) is 13.2. The maximum atomic E-state index is 4.78. The molecule has 0 saturated carbocycles. The van der Waals surface area contributed by atoms with Gasteiger partial charge in [0.05, 0.1) is 18.1 Å². The van der Waals surface area contributed by atoms with Crippen molar-refractivity contribution in [1.29, 1.82) is 0 Å². The number of unbranched alkanes of at least 4 members (excludes halogenated alkanes) is 2. The first-order valence-corrected chi connectivity index (χ1v) is 8.14. The van der Waals surface area contributed by atoms with Gasteiger partial charge in [0.15, 0.2) is 5.84 Å². The van der Waals surface area contributed by atoms with Gasteiger partial charge in [0.1, 0.15) is 0 Å². The molecule has 1 aromatic heterocycles. The number of aryl methyl sites for hydroxylation is 1. The summed E-state index contributed by atoms with van der Waals surface area (Å²) in [6.45, 7) is 2.23. The number of amidine groups is 1. The summed E-state index contributed by atoms with van der Waals surface area (Å²) in [5, 5.41) is 10.3. The van der Waals surface area contributed by atoms with Crippen molar-refractivity contribution >= 4 is 22.3 Å². The number of benzene rings is 2. The second-order valence-corrected chi connectivity index (χ2v) is 5.85. The zero-order chi connectivity index (χ0) is 15.6. The quantitative estimate of drug-likeness (QED) is 0.729. The smallest absolute Gasteiger partial charge is 0.155 e. The van der Waals surface area contributed by atoms with Crippen molar-refractivity contribution in [3.05, 3.63) is 53.9 Å². The molecule has 4 rings (SSSR count). The highest BCUT2D eigenvalue weighted by molar-refractivity contribution is 6.22. The summed E-state index contributed by atoms with van der Waals surface area (Å²) >= 11 is 0. The molecule has 2 heterocycles. The van der Waals surface area contributed by atoms with E-state index < -0.39 is 0 Å². The van der Waals surface area contributed by atoms with E-state index in [1.165, 1.54) is 41.2 Å². The van der Waals surface area contributed by atoms with Gasteiger partial charge in [0.25, 0.3) is 0 Å². The number of aromatic nitrogens is 3. The Morgan fingerprint density at radius 3 is 2.91 bits per heavy atom. The van der Waals surface area contributed by atoms with Crippen molar-refractivity contribution in [2.24, 2.45) is 4.99 Å². The molecule has 3 aromatic rings. The van der Waals surface area contributed by atoms with Gasteiger partial charge in [0.2, 0.25) is 0 Å². The van der Waals surface area contributed by atoms with Crippen LogP contribution < -0.4 is 5.43 Å². The maximum Gasteiger partial charge on any atom is 0.155 e. The summed E-state index contributed by atoms with van der Waals surface area (Å²) < 4.78 is 0. The molecule has 116 valence electrons. The molecule has 2 aromatic carbocycles. The van der Waals surface area contributed by atoms with E-state index >= 15 is 0 Å². The standard InChI is InChI=1S/C18H19N5/c1-2-3-4-6-14-10-9-13-7-5-8-15-16(13)17(14)18(20-15)21-23-12-11-19-22-23/h5,7-12H,2-4,6H2,1H3,(H,20,21). The van der Waals surface area contributed by atoms with E-state index in [4.69, 9.17) is 4.99 Å². The van der Waals surface area contributed by atoms with E-state index in [-0.39, 0.29) is 0 Å². The molecule has 0 aliphatic carbocycles. The molecule has 1 N–H and O–H groups in total. The highest BCUT2D eigenvalue weighted by atomic mass is 15.6. The summed E-state index contributed by atoms with van der Waals surface area (Å²) in [5.74, 6) is 0.855. The number of nitrogens with zero attached hydrogens (tertiary/aromatic N) is 4. The van der Waals surface area contributed by atoms with Crippen LogP contribution in [0.3, 0.4) is 0 Å². The fourth-order valence-electron chi connectivity index (χ4n) is 3.17. The highest BCUT2D eigenvalue weighted by Crippen LogP contribution is 2.37. The van der Waals surface area contributed by atoms with Gasteiger partial charge in [-0.3, -0.25) is 5.43 Å². The largest absolute Gasteiger partial charge is 0.259 e. The van der Waals surface area contributed by atoms with E-state index in [0.29, 0.717) is 0 Å². The van der Waals surface area contributed by atoms with E-state index in [1.54, 1.807) is 17.2 Å². The molecule has 0 spiro atoms. The molecule has 5 nitrogen and oxygen atoms in total. The van der Waals surface area contributed by atoms with Gasteiger partial charge < -0.3 is 0 Å². The van der Waals surface area contributed by atoms with Crippen molar-refractivity contribution in [3.8, 4) is 0 Å². The van der Waals surface area contributed by atoms with Crippen LogP contribution in [-0.4, -0.2) is 20.9 Å². The third-order valence-electron chi connectivity index (χ3n) is 4.27. The van der Waals surface area contributed by atoms with Crippen LogP contribution in [0, 0.1) is 0 Å². The van der Waals surface area contributed by atoms with Crippen molar-refractivity contribution in [2.45, 2.75) is 32.6 Å². The van der Waals surface area contributed by atoms with Crippen LogP contribution in [0.25, 0.3) is 10.8 Å². The molecule has 1 aliphatic rings. The van der Waals surface area contributed by atoms with E-state index in [2.05, 4.69) is 53.0 Å². The minimum absolute atomic E-state index is 0.855. The van der Waals surface area contributed by atoms with Gasteiger partial charge >= 0.3 is 0 Å². The fourth-order valence-corrected chi connectivity index (χ4v) is 3.17. The molecular weight excluding hydrogens is 286 g/mol. The fraction of sp³-hybridized carbons (Fsp3) is 0.278. The second kappa shape index (κ2) is 5.83. The Balaban J connectivity index is 1.78. The van der Waals surface area contributed by atoms with Crippen LogP contribution in [-0.2, 0) is 6.42 Å². The molecule has 23 heavy (non-hydrogen) atoms. The minimum atomic E-state index is 0.855. The first kappa shape index (κ1) is 13.9. The summed E-state index contributed by atoms with van der Waals surface area (Å²) in [6, 6.07) is 10.7. The summed E-state index contributed by atoms with van der Waals surface area (Å²) in [7, 11) is 0. The topological polar surface area (TPSA) is 55.1 Å². The van der Waals surface area contributed by atoms with Crippen LogP contribution in [0.5, 0.6) is 0 Å². The second-order valence-electron chi connectivity index (χ2n) is 5.85. The van der Waals surface area contributed by atoms with E-state index in [0.717, 1.165) is 17.9 Å². The Morgan fingerprint density at radius 2 is 2.09 bits per heavy atom. The molecule has 0 radical (unpaired) electrons. The third-order valence-corrected chi connectivity index (χ3v) is 4.27. The number of aliphatic imine (C=N–C) groups is 1. The number of rotatable bonds is 5. The van der Waals surface area contributed by atoms with Gasteiger partial charge in [-0.15, -0.1) is 5.10 Å². The van der Waals surface area contributed by atoms with Crippen LogP contribution in [0.15, 0.2) is 47.7 Å². The Labute approximate surface area is 135 Å². The Hall–Kier alpha value is -2.69. The number of nitrogens with one attached hydrogen (secondary N) is 1. The predicted molar refractivity (Wildman–Crippen MR) is 92.8 cm³/mol. The van der Waals surface area contributed by atoms with Crippen molar-refractivity contribution in [3.63, 3.8) is 0 Å². The monoisotopic (exact) mass is 305 g/mol. The Kier molecular flexibility index (Phi) is 3.54. The maximum absolute atomic E-state index is 4.78. The summed E-state index contributed by atoms with van der Waals surface area (Å²) in [5.41, 5.74) is 6.84. The Bertz CT molecular complexity index is 865. The van der Waals surface area contributed by atoms with Gasteiger partial charge in [-0.2, -0.15) is 4.79 Å². The lowest BCUT2D eigenvalue weighted by Crippen LogP contribution is -2.24. The lowest BCUT2D eigenvalue weighted by Gasteiger charge is -2.12. The predicted octanol–water partition coefficient (Wildman–Crippen LogP) is 3.80. The number of hydrogen-bond acceptors (Lipinski definition) is 4. The van der Waals surface area contributed by atoms with E-state index in [1.807, 2.05) is 0 Å². The minimum Gasteiger partial charge on any atom is -0.259 e. The first-order valence-electron chi connectivity index (χ1n) is 8.14. The van der Waals surface area contributed by atoms with Crippen LogP contribution in [0.1, 0.15) is 37.3 Å². The van der Waals surface area contributed by atoms with Gasteiger partial charge in [0, 0.05) is 10.9 Å². The summed E-state index contributed by atoms with van der Waals surface area (Å²) in [4.78, 5) is 6.37. The van der Waals surface area contributed by atoms with Crippen LogP contribution in [0.4, 0.5) is 5.69 Å². The van der Waals surface area contributed by atoms with E-state index in [9.17, 15) is 0 Å². The summed E-state index contributed by atoms with van der Waals surface area (Å²) in [6.07, 6.45) is 8.19. The van der Waals surface area contributed by atoms with Crippen molar-refractivity contribution < 1.29 is 0 Å². The van der Waals surface area contributed by atoms with Gasteiger partial charge in [-0.05, 0) is 35.1 Å². The number of hydrogen-bond donors (Lipinski definition) is 1. The van der Waals surface area contributed by atoms with Crippen molar-refractivity contribution in [2.75, 3.05) is 5.43 Å². The normalized spacial score (nSPS) is 12.7. The molecule has 0 atom stereocenters. The lowest BCUT2D eigenvalue weighted by molar-refractivity contribution is 0.717. The van der Waals surface area contributed by atoms with Crippen LogP contribution in [0.2, 0.25) is 0 Å². The zero-order valence-electron chi connectivity index (χ0n) is 13.2. The highest BCUT2D eigenvalue weighted by Gasteiger charge is 2.22. The molecule has 0 amide bonds. The molecule has 5 heteroatoms. The SMILES string of the molecule is CCCCCc1ccc2cccc3c2c1C(Nn1ccnn1)=N3.